The quantitative estimate of drug-likeness (QED) is 0.586. The number of halogens is 2. The Bertz CT molecular complexity index is 1050. The van der Waals surface area contributed by atoms with Gasteiger partial charge in [-0.2, -0.15) is 0 Å². The number of nitrogens with zero attached hydrogens (tertiary/aromatic N) is 1. The van der Waals surface area contributed by atoms with Gasteiger partial charge in [0.1, 0.15) is 4.88 Å². The van der Waals surface area contributed by atoms with Crippen molar-refractivity contribution in [3.63, 3.8) is 0 Å². The third-order valence-corrected chi connectivity index (χ3v) is 8.26. The summed E-state index contributed by atoms with van der Waals surface area (Å²) in [4.78, 5) is 26.9. The first-order chi connectivity index (χ1) is 13.6. The number of amides is 1. The lowest BCUT2D eigenvalue weighted by atomic mass is 10.1. The summed E-state index contributed by atoms with van der Waals surface area (Å²) in [6.07, 6.45) is 0.400. The highest BCUT2D eigenvalue weighted by Gasteiger charge is 2.35. The third kappa shape index (κ3) is 5.23. The number of esters is 1. The zero-order chi connectivity index (χ0) is 21.3. The molecule has 1 amide bonds. The lowest BCUT2D eigenvalue weighted by Crippen LogP contribution is -2.45. The van der Waals surface area contributed by atoms with Crippen molar-refractivity contribution in [3.8, 4) is 0 Å². The molecule has 1 fully saturated rings. The maximum absolute atomic E-state index is 12.7. The molecule has 29 heavy (non-hydrogen) atoms. The number of fused-ring (bicyclic) bond motifs is 1. The van der Waals surface area contributed by atoms with Gasteiger partial charge in [-0.1, -0.05) is 43.1 Å². The standard InChI is InChI=1S/C19H21Cl2NO5S2/c1-11(2)8-22(13-5-6-29(25,26)10-13)16(23)9-27-19(24)18-17(21)14-4-3-12(20)7-15(14)28-18/h3-4,7,11,13H,5-6,8-10H2,1-2H3. The summed E-state index contributed by atoms with van der Waals surface area (Å²) in [6.45, 7) is 3.82. The van der Waals surface area contributed by atoms with Gasteiger partial charge >= 0.3 is 5.97 Å². The van der Waals surface area contributed by atoms with Crippen molar-refractivity contribution < 1.29 is 22.7 Å². The van der Waals surface area contributed by atoms with E-state index in [1.54, 1.807) is 18.2 Å². The molecule has 2 heterocycles. The van der Waals surface area contributed by atoms with Crippen LogP contribution in [0.4, 0.5) is 0 Å². The Kier molecular flexibility index (Phi) is 6.77. The van der Waals surface area contributed by atoms with Crippen molar-refractivity contribution >= 4 is 66.3 Å². The van der Waals surface area contributed by atoms with Gasteiger partial charge in [0.25, 0.3) is 5.91 Å². The molecule has 1 aliphatic rings. The Hall–Kier alpha value is -1.35. The van der Waals surface area contributed by atoms with E-state index in [4.69, 9.17) is 27.9 Å². The Morgan fingerprint density at radius 2 is 2.03 bits per heavy atom. The highest BCUT2D eigenvalue weighted by atomic mass is 35.5. The Morgan fingerprint density at radius 1 is 1.31 bits per heavy atom. The van der Waals surface area contributed by atoms with Gasteiger partial charge in [0, 0.05) is 27.7 Å². The van der Waals surface area contributed by atoms with E-state index in [9.17, 15) is 18.0 Å². The lowest BCUT2D eigenvalue weighted by molar-refractivity contribution is -0.137. The Morgan fingerprint density at radius 3 is 2.66 bits per heavy atom. The fourth-order valence-corrected chi connectivity index (χ4v) is 6.72. The van der Waals surface area contributed by atoms with Gasteiger partial charge in [-0.15, -0.1) is 11.3 Å². The molecule has 0 saturated carbocycles. The largest absolute Gasteiger partial charge is 0.451 e. The van der Waals surface area contributed by atoms with Crippen LogP contribution < -0.4 is 0 Å². The van der Waals surface area contributed by atoms with Crippen LogP contribution in [-0.2, 0) is 19.4 Å². The van der Waals surface area contributed by atoms with Crippen LogP contribution in [0.25, 0.3) is 10.1 Å². The molecule has 0 radical (unpaired) electrons. The van der Waals surface area contributed by atoms with Gasteiger partial charge in [0.05, 0.1) is 16.5 Å². The summed E-state index contributed by atoms with van der Waals surface area (Å²) in [6, 6.07) is 4.73. The van der Waals surface area contributed by atoms with Gasteiger partial charge in [0.2, 0.25) is 0 Å². The van der Waals surface area contributed by atoms with Crippen molar-refractivity contribution in [1.29, 1.82) is 0 Å². The number of thiophene rings is 1. The van der Waals surface area contributed by atoms with E-state index in [2.05, 4.69) is 0 Å². The van der Waals surface area contributed by atoms with Crippen molar-refractivity contribution in [2.24, 2.45) is 5.92 Å². The number of carbonyl (C=O) groups excluding carboxylic acids is 2. The molecule has 1 aromatic carbocycles. The number of rotatable bonds is 6. The predicted molar refractivity (Wildman–Crippen MR) is 116 cm³/mol. The maximum Gasteiger partial charge on any atom is 0.350 e. The molecule has 3 rings (SSSR count). The van der Waals surface area contributed by atoms with Gasteiger partial charge in [0.15, 0.2) is 16.4 Å². The number of ether oxygens (including phenoxy) is 1. The van der Waals surface area contributed by atoms with E-state index >= 15 is 0 Å². The maximum atomic E-state index is 12.7. The summed E-state index contributed by atoms with van der Waals surface area (Å²) in [7, 11) is -3.14. The van der Waals surface area contributed by atoms with Crippen LogP contribution in [-0.4, -0.2) is 55.9 Å². The molecule has 0 spiro atoms. The van der Waals surface area contributed by atoms with E-state index in [1.165, 1.54) is 4.90 Å². The van der Waals surface area contributed by atoms with Crippen molar-refractivity contribution in [2.75, 3.05) is 24.7 Å². The number of sulfone groups is 1. The molecule has 1 atom stereocenters. The second kappa shape index (κ2) is 8.79. The normalized spacial score (nSPS) is 18.3. The van der Waals surface area contributed by atoms with Crippen LogP contribution in [0.5, 0.6) is 0 Å². The molecule has 6 nitrogen and oxygen atoms in total. The Balaban J connectivity index is 1.71. The SMILES string of the molecule is CC(C)CN(C(=O)COC(=O)c1sc2cc(Cl)ccc2c1Cl)C1CCS(=O)(=O)C1. The van der Waals surface area contributed by atoms with Gasteiger partial charge < -0.3 is 9.64 Å². The smallest absolute Gasteiger partial charge is 0.350 e. The van der Waals surface area contributed by atoms with E-state index in [1.807, 2.05) is 13.8 Å². The Labute approximate surface area is 183 Å². The minimum absolute atomic E-state index is 0.0533. The van der Waals surface area contributed by atoms with Crippen molar-refractivity contribution in [2.45, 2.75) is 26.3 Å². The number of benzene rings is 1. The summed E-state index contributed by atoms with van der Waals surface area (Å²) in [5.74, 6) is -0.930. The van der Waals surface area contributed by atoms with Crippen LogP contribution in [0.1, 0.15) is 29.9 Å². The summed E-state index contributed by atoms with van der Waals surface area (Å²) < 4.78 is 29.6. The lowest BCUT2D eigenvalue weighted by Gasteiger charge is -2.29. The molecule has 0 bridgehead atoms. The predicted octanol–water partition coefficient (Wildman–Crippen LogP) is 4.04. The molecule has 1 unspecified atom stereocenters. The van der Waals surface area contributed by atoms with Crippen LogP contribution in [0.15, 0.2) is 18.2 Å². The van der Waals surface area contributed by atoms with Crippen LogP contribution in [0, 0.1) is 5.92 Å². The van der Waals surface area contributed by atoms with E-state index in [0.717, 1.165) is 16.0 Å². The highest BCUT2D eigenvalue weighted by Crippen LogP contribution is 2.37. The molecular formula is C19H21Cl2NO5S2. The fraction of sp³-hybridized carbons (Fsp3) is 0.474. The minimum atomic E-state index is -3.14. The van der Waals surface area contributed by atoms with Crippen LogP contribution in [0.3, 0.4) is 0 Å². The second-order valence-electron chi connectivity index (χ2n) is 7.46. The number of carbonyl (C=O) groups is 2. The first-order valence-electron chi connectivity index (χ1n) is 9.12. The first-order valence-corrected chi connectivity index (χ1v) is 12.5. The zero-order valence-electron chi connectivity index (χ0n) is 16.0. The van der Waals surface area contributed by atoms with Crippen LogP contribution in [0.2, 0.25) is 10.0 Å². The molecule has 1 saturated heterocycles. The molecule has 158 valence electrons. The molecule has 10 heteroatoms. The minimum Gasteiger partial charge on any atom is -0.451 e. The van der Waals surface area contributed by atoms with Crippen LogP contribution >= 0.6 is 34.5 Å². The second-order valence-corrected chi connectivity index (χ2v) is 11.6. The molecule has 2 aromatic rings. The van der Waals surface area contributed by atoms with E-state index < -0.39 is 28.3 Å². The third-order valence-electron chi connectivity index (χ3n) is 4.63. The molecule has 0 aliphatic carbocycles. The zero-order valence-corrected chi connectivity index (χ0v) is 19.1. The average Bonchev–Trinajstić information content (AvgIpc) is 3.16. The van der Waals surface area contributed by atoms with Crippen molar-refractivity contribution in [1.82, 2.24) is 4.90 Å². The van der Waals surface area contributed by atoms with Crippen molar-refractivity contribution in [3.05, 3.63) is 33.1 Å². The fourth-order valence-electron chi connectivity index (χ4n) is 3.32. The summed E-state index contributed by atoms with van der Waals surface area (Å²) >= 11 is 13.4. The molecule has 1 aromatic heterocycles. The number of hydrogen-bond donors (Lipinski definition) is 0. The topological polar surface area (TPSA) is 80.8 Å². The monoisotopic (exact) mass is 477 g/mol. The highest BCUT2D eigenvalue weighted by molar-refractivity contribution is 7.91. The van der Waals surface area contributed by atoms with Gasteiger partial charge in [-0.3, -0.25) is 4.79 Å². The average molecular weight is 478 g/mol. The summed E-state index contributed by atoms with van der Waals surface area (Å²) in [5.41, 5.74) is 0. The molecule has 0 N–H and O–H groups in total. The van der Waals surface area contributed by atoms with Gasteiger partial charge in [-0.25, -0.2) is 13.2 Å². The molecule has 1 aliphatic heterocycles. The summed E-state index contributed by atoms with van der Waals surface area (Å²) in [5, 5.41) is 1.48. The van der Waals surface area contributed by atoms with E-state index in [0.29, 0.717) is 23.4 Å². The first kappa shape index (κ1) is 22.3. The molecular weight excluding hydrogens is 457 g/mol. The van der Waals surface area contributed by atoms with E-state index in [-0.39, 0.29) is 33.4 Å². The number of hydrogen-bond acceptors (Lipinski definition) is 6. The van der Waals surface area contributed by atoms with Gasteiger partial charge in [-0.05, 0) is 24.5 Å².